The van der Waals surface area contributed by atoms with Crippen LogP contribution in [0.5, 0.6) is 0 Å². The topological polar surface area (TPSA) is 94.0 Å². The number of nitrogens with one attached hydrogen (secondary N) is 1. The Bertz CT molecular complexity index is 874. The highest BCUT2D eigenvalue weighted by Gasteiger charge is 2.16. The summed E-state index contributed by atoms with van der Waals surface area (Å²) in [6, 6.07) is 14.9. The van der Waals surface area contributed by atoms with Crippen LogP contribution in [0.2, 0.25) is 0 Å². The molecule has 0 aliphatic rings. The zero-order valence-electron chi connectivity index (χ0n) is 14.2. The molecule has 0 aliphatic carbocycles. The molecule has 1 aromatic carbocycles. The quantitative estimate of drug-likeness (QED) is 0.747. The number of hydrogen-bond donors (Lipinski definition) is 2. The van der Waals surface area contributed by atoms with Crippen molar-refractivity contribution in [3.8, 4) is 11.5 Å². The molecule has 6 nitrogen and oxygen atoms in total. The summed E-state index contributed by atoms with van der Waals surface area (Å²) < 4.78 is 5.59. The van der Waals surface area contributed by atoms with Crippen molar-refractivity contribution in [2.24, 2.45) is 5.73 Å². The smallest absolute Gasteiger partial charge is 0.270 e. The highest BCUT2D eigenvalue weighted by molar-refractivity contribution is 5.93. The molecule has 0 bridgehead atoms. The lowest BCUT2D eigenvalue weighted by Crippen LogP contribution is -2.28. The molecule has 6 heteroatoms. The maximum absolute atomic E-state index is 12.6. The molecule has 0 radical (unpaired) electrons. The van der Waals surface area contributed by atoms with Gasteiger partial charge in [0.25, 0.3) is 5.91 Å². The minimum atomic E-state index is -0.280. The zero-order valence-corrected chi connectivity index (χ0v) is 14.2. The SMILES string of the molecule is Cc1ccc(-c2cc(C(=O)NC(C)c3ccccc3)nc(CN)n2)o1. The Labute approximate surface area is 146 Å². The third-order valence-electron chi connectivity index (χ3n) is 3.83. The Morgan fingerprint density at radius 2 is 1.96 bits per heavy atom. The Morgan fingerprint density at radius 1 is 1.20 bits per heavy atom. The molecule has 3 N–H and O–H groups in total. The third kappa shape index (κ3) is 3.92. The number of aromatic nitrogens is 2. The van der Waals surface area contributed by atoms with E-state index >= 15 is 0 Å². The van der Waals surface area contributed by atoms with E-state index < -0.39 is 0 Å². The summed E-state index contributed by atoms with van der Waals surface area (Å²) in [6.07, 6.45) is 0. The normalized spacial score (nSPS) is 12.0. The van der Waals surface area contributed by atoms with E-state index in [0.29, 0.717) is 17.3 Å². The number of benzene rings is 1. The number of carbonyl (C=O) groups excluding carboxylic acids is 1. The van der Waals surface area contributed by atoms with Gasteiger partial charge in [-0.3, -0.25) is 4.79 Å². The van der Waals surface area contributed by atoms with Crippen LogP contribution in [0.25, 0.3) is 11.5 Å². The lowest BCUT2D eigenvalue weighted by atomic mass is 10.1. The number of furan rings is 1. The van der Waals surface area contributed by atoms with Crippen LogP contribution >= 0.6 is 0 Å². The van der Waals surface area contributed by atoms with E-state index in [-0.39, 0.29) is 24.2 Å². The van der Waals surface area contributed by atoms with Crippen molar-refractivity contribution in [1.29, 1.82) is 0 Å². The van der Waals surface area contributed by atoms with Crippen LogP contribution in [0.3, 0.4) is 0 Å². The molecule has 1 amide bonds. The maximum Gasteiger partial charge on any atom is 0.270 e. The average Bonchev–Trinajstić information content (AvgIpc) is 3.08. The van der Waals surface area contributed by atoms with Crippen molar-refractivity contribution in [3.05, 3.63) is 71.4 Å². The third-order valence-corrected chi connectivity index (χ3v) is 3.83. The second-order valence-electron chi connectivity index (χ2n) is 5.77. The summed E-state index contributed by atoms with van der Waals surface area (Å²) in [5.74, 6) is 1.47. The summed E-state index contributed by atoms with van der Waals surface area (Å²) in [5, 5.41) is 2.95. The lowest BCUT2D eigenvalue weighted by Gasteiger charge is -2.14. The molecular formula is C19H20N4O2. The van der Waals surface area contributed by atoms with Crippen molar-refractivity contribution in [2.75, 3.05) is 0 Å². The highest BCUT2D eigenvalue weighted by Crippen LogP contribution is 2.21. The van der Waals surface area contributed by atoms with Gasteiger partial charge in [-0.15, -0.1) is 0 Å². The molecule has 128 valence electrons. The van der Waals surface area contributed by atoms with Gasteiger partial charge in [-0.05, 0) is 37.6 Å². The van der Waals surface area contributed by atoms with Crippen molar-refractivity contribution in [2.45, 2.75) is 26.4 Å². The number of carbonyl (C=O) groups is 1. The van der Waals surface area contributed by atoms with Gasteiger partial charge in [-0.2, -0.15) is 0 Å². The summed E-state index contributed by atoms with van der Waals surface area (Å²) >= 11 is 0. The van der Waals surface area contributed by atoms with Gasteiger partial charge in [0.2, 0.25) is 0 Å². The second kappa shape index (κ2) is 7.27. The van der Waals surface area contributed by atoms with E-state index in [9.17, 15) is 4.79 Å². The van der Waals surface area contributed by atoms with E-state index in [4.69, 9.17) is 10.2 Å². The lowest BCUT2D eigenvalue weighted by molar-refractivity contribution is 0.0934. The fourth-order valence-corrected chi connectivity index (χ4v) is 2.50. The first kappa shape index (κ1) is 16.9. The van der Waals surface area contributed by atoms with Crippen LogP contribution in [0.4, 0.5) is 0 Å². The molecule has 0 saturated heterocycles. The first-order valence-electron chi connectivity index (χ1n) is 8.07. The van der Waals surface area contributed by atoms with Crippen molar-refractivity contribution >= 4 is 5.91 Å². The van der Waals surface area contributed by atoms with Gasteiger partial charge in [0, 0.05) is 0 Å². The van der Waals surface area contributed by atoms with Gasteiger partial charge in [-0.1, -0.05) is 30.3 Å². The fraction of sp³-hybridized carbons (Fsp3) is 0.211. The monoisotopic (exact) mass is 336 g/mol. The van der Waals surface area contributed by atoms with Gasteiger partial charge in [0.05, 0.1) is 12.6 Å². The minimum Gasteiger partial charge on any atom is -0.460 e. The summed E-state index contributed by atoms with van der Waals surface area (Å²) in [6.45, 7) is 3.92. The predicted molar refractivity (Wildman–Crippen MR) is 94.7 cm³/mol. The molecule has 3 rings (SSSR count). The minimum absolute atomic E-state index is 0.140. The van der Waals surface area contributed by atoms with E-state index in [2.05, 4.69) is 15.3 Å². The van der Waals surface area contributed by atoms with Crippen molar-refractivity contribution < 1.29 is 9.21 Å². The number of hydrogen-bond acceptors (Lipinski definition) is 5. The number of rotatable bonds is 5. The molecular weight excluding hydrogens is 316 g/mol. The Kier molecular flexibility index (Phi) is 4.90. The first-order chi connectivity index (χ1) is 12.1. The molecule has 25 heavy (non-hydrogen) atoms. The fourth-order valence-electron chi connectivity index (χ4n) is 2.50. The second-order valence-corrected chi connectivity index (χ2v) is 5.77. The van der Waals surface area contributed by atoms with E-state index in [1.807, 2.05) is 56.3 Å². The number of amides is 1. The molecule has 0 spiro atoms. The number of nitrogens with two attached hydrogens (primary N) is 1. The van der Waals surface area contributed by atoms with Crippen LogP contribution in [0.15, 0.2) is 52.9 Å². The highest BCUT2D eigenvalue weighted by atomic mass is 16.3. The van der Waals surface area contributed by atoms with Crippen molar-refractivity contribution in [1.82, 2.24) is 15.3 Å². The van der Waals surface area contributed by atoms with Crippen molar-refractivity contribution in [3.63, 3.8) is 0 Å². The van der Waals surface area contributed by atoms with Gasteiger partial charge >= 0.3 is 0 Å². The van der Waals surface area contributed by atoms with Gasteiger partial charge in [0.15, 0.2) is 5.76 Å². The molecule has 2 aromatic heterocycles. The predicted octanol–water partition coefficient (Wildman–Crippen LogP) is 2.99. The van der Waals surface area contributed by atoms with E-state index in [0.717, 1.165) is 11.3 Å². The average molecular weight is 336 g/mol. The van der Waals surface area contributed by atoms with Crippen LogP contribution in [-0.2, 0) is 6.54 Å². The standard InChI is InChI=1S/C19H20N4O2/c1-12-8-9-17(25-12)15-10-16(23-18(11-20)22-15)19(24)21-13(2)14-6-4-3-5-7-14/h3-10,13H,11,20H2,1-2H3,(H,21,24). The van der Waals surface area contributed by atoms with Crippen LogP contribution in [-0.4, -0.2) is 15.9 Å². The Hall–Kier alpha value is -2.99. The van der Waals surface area contributed by atoms with E-state index in [1.54, 1.807) is 6.07 Å². The Balaban J connectivity index is 1.87. The summed E-state index contributed by atoms with van der Waals surface area (Å²) in [5.41, 5.74) is 7.50. The first-order valence-corrected chi connectivity index (χ1v) is 8.07. The largest absolute Gasteiger partial charge is 0.460 e. The molecule has 0 aliphatic heterocycles. The van der Waals surface area contributed by atoms with Crippen LogP contribution in [0.1, 0.15) is 40.6 Å². The van der Waals surface area contributed by atoms with E-state index in [1.165, 1.54) is 0 Å². The maximum atomic E-state index is 12.6. The van der Waals surface area contributed by atoms with Gasteiger partial charge in [-0.25, -0.2) is 9.97 Å². The molecule has 3 aromatic rings. The molecule has 1 atom stereocenters. The number of aryl methyl sites for hydroxylation is 1. The summed E-state index contributed by atoms with van der Waals surface area (Å²) in [4.78, 5) is 21.2. The molecule has 0 saturated carbocycles. The Morgan fingerprint density at radius 3 is 2.60 bits per heavy atom. The van der Waals surface area contributed by atoms with Gasteiger partial charge < -0.3 is 15.5 Å². The van der Waals surface area contributed by atoms with Crippen LogP contribution in [0, 0.1) is 6.92 Å². The van der Waals surface area contributed by atoms with Gasteiger partial charge in [0.1, 0.15) is 23.0 Å². The van der Waals surface area contributed by atoms with Crippen LogP contribution < -0.4 is 11.1 Å². The number of nitrogens with zero attached hydrogens (tertiary/aromatic N) is 2. The zero-order chi connectivity index (χ0) is 17.8. The molecule has 0 fully saturated rings. The molecule has 1 unspecified atom stereocenters. The molecule has 2 heterocycles. The summed E-state index contributed by atoms with van der Waals surface area (Å²) in [7, 11) is 0.